The molecule has 2 atom stereocenters. The Morgan fingerprint density at radius 3 is 2.75 bits per heavy atom. The van der Waals surface area contributed by atoms with Crippen molar-refractivity contribution in [3.05, 3.63) is 33.8 Å². The molecule has 2 nitrogen and oxygen atoms in total. The van der Waals surface area contributed by atoms with Crippen LogP contribution in [0.4, 0.5) is 0 Å². The SMILES string of the molecule is CCC1CN(Cc2cccc(Cl)c2Cl)C(C)(CC)CN1. The Balaban J connectivity index is 2.21. The molecular weight excluding hydrogens is 291 g/mol. The summed E-state index contributed by atoms with van der Waals surface area (Å²) in [6, 6.07) is 6.46. The van der Waals surface area contributed by atoms with Crippen molar-refractivity contribution in [1.82, 2.24) is 10.2 Å². The number of halogens is 2. The van der Waals surface area contributed by atoms with Crippen LogP contribution in [0.3, 0.4) is 0 Å². The van der Waals surface area contributed by atoms with Crippen LogP contribution in [0.1, 0.15) is 39.2 Å². The van der Waals surface area contributed by atoms with Gasteiger partial charge in [0.25, 0.3) is 0 Å². The first-order chi connectivity index (χ1) is 9.50. The van der Waals surface area contributed by atoms with E-state index in [-0.39, 0.29) is 5.54 Å². The summed E-state index contributed by atoms with van der Waals surface area (Å²) >= 11 is 12.5. The normalized spacial score (nSPS) is 27.8. The van der Waals surface area contributed by atoms with Crippen LogP contribution in [0.25, 0.3) is 0 Å². The Morgan fingerprint density at radius 1 is 1.35 bits per heavy atom. The number of nitrogens with zero attached hydrogens (tertiary/aromatic N) is 1. The van der Waals surface area contributed by atoms with Crippen molar-refractivity contribution < 1.29 is 0 Å². The zero-order valence-electron chi connectivity index (χ0n) is 12.5. The van der Waals surface area contributed by atoms with Crippen molar-refractivity contribution in [2.75, 3.05) is 13.1 Å². The molecule has 1 fully saturated rings. The standard InChI is InChI=1S/C16H24Cl2N2/c1-4-13-10-20(16(3,5-2)11-19-13)9-12-7-6-8-14(17)15(12)18/h6-8,13,19H,4-5,9-11H2,1-3H3. The number of rotatable bonds is 4. The van der Waals surface area contributed by atoms with Crippen molar-refractivity contribution in [3.8, 4) is 0 Å². The van der Waals surface area contributed by atoms with Gasteiger partial charge in [-0.25, -0.2) is 0 Å². The molecule has 0 amide bonds. The topological polar surface area (TPSA) is 15.3 Å². The predicted molar refractivity (Wildman–Crippen MR) is 87.6 cm³/mol. The average molecular weight is 315 g/mol. The van der Waals surface area contributed by atoms with Crippen LogP contribution < -0.4 is 5.32 Å². The highest BCUT2D eigenvalue weighted by Gasteiger charge is 2.35. The summed E-state index contributed by atoms with van der Waals surface area (Å²) in [7, 11) is 0. The molecule has 0 radical (unpaired) electrons. The van der Waals surface area contributed by atoms with E-state index < -0.39 is 0 Å². The molecule has 20 heavy (non-hydrogen) atoms. The van der Waals surface area contributed by atoms with Gasteiger partial charge in [0, 0.05) is 31.2 Å². The lowest BCUT2D eigenvalue weighted by Crippen LogP contribution is -2.62. The highest BCUT2D eigenvalue weighted by Crippen LogP contribution is 2.30. The van der Waals surface area contributed by atoms with Crippen LogP contribution in [0.2, 0.25) is 10.0 Å². The summed E-state index contributed by atoms with van der Waals surface area (Å²) in [5.41, 5.74) is 1.30. The van der Waals surface area contributed by atoms with Gasteiger partial charge in [-0.05, 0) is 31.4 Å². The van der Waals surface area contributed by atoms with Gasteiger partial charge in [-0.15, -0.1) is 0 Å². The van der Waals surface area contributed by atoms with Crippen LogP contribution >= 0.6 is 23.2 Å². The zero-order chi connectivity index (χ0) is 14.8. The monoisotopic (exact) mass is 314 g/mol. The van der Waals surface area contributed by atoms with Crippen molar-refractivity contribution >= 4 is 23.2 Å². The van der Waals surface area contributed by atoms with E-state index in [0.717, 1.165) is 38.0 Å². The molecule has 4 heteroatoms. The third-order valence-electron chi connectivity index (χ3n) is 4.62. The molecule has 1 N–H and O–H groups in total. The largest absolute Gasteiger partial charge is 0.311 e. The van der Waals surface area contributed by atoms with E-state index in [2.05, 4.69) is 37.1 Å². The number of benzene rings is 1. The van der Waals surface area contributed by atoms with Crippen molar-refractivity contribution in [3.63, 3.8) is 0 Å². The van der Waals surface area contributed by atoms with Crippen LogP contribution in [0.15, 0.2) is 18.2 Å². The van der Waals surface area contributed by atoms with Gasteiger partial charge < -0.3 is 5.32 Å². The molecule has 0 aliphatic carbocycles. The van der Waals surface area contributed by atoms with Gasteiger partial charge in [0.1, 0.15) is 0 Å². The fourth-order valence-electron chi connectivity index (χ4n) is 2.78. The number of nitrogens with one attached hydrogen (secondary N) is 1. The van der Waals surface area contributed by atoms with E-state index in [9.17, 15) is 0 Å². The van der Waals surface area contributed by atoms with E-state index in [0.29, 0.717) is 16.1 Å². The quantitative estimate of drug-likeness (QED) is 0.889. The predicted octanol–water partition coefficient (Wildman–Crippen LogP) is 4.35. The van der Waals surface area contributed by atoms with Gasteiger partial charge in [-0.2, -0.15) is 0 Å². The molecule has 2 unspecified atom stereocenters. The van der Waals surface area contributed by atoms with Crippen LogP contribution in [0.5, 0.6) is 0 Å². The van der Waals surface area contributed by atoms with E-state index in [1.54, 1.807) is 0 Å². The van der Waals surface area contributed by atoms with Gasteiger partial charge >= 0.3 is 0 Å². The second-order valence-corrected chi connectivity index (χ2v) is 6.72. The summed E-state index contributed by atoms with van der Waals surface area (Å²) in [6.45, 7) is 9.76. The minimum absolute atomic E-state index is 0.178. The molecular formula is C16H24Cl2N2. The molecule has 1 saturated heterocycles. The van der Waals surface area contributed by atoms with Gasteiger partial charge in [0.05, 0.1) is 10.0 Å². The maximum absolute atomic E-state index is 6.34. The third kappa shape index (κ3) is 3.30. The summed E-state index contributed by atoms with van der Waals surface area (Å²) < 4.78 is 0. The van der Waals surface area contributed by atoms with E-state index in [4.69, 9.17) is 23.2 Å². The Labute approximate surface area is 132 Å². The molecule has 112 valence electrons. The molecule has 0 bridgehead atoms. The van der Waals surface area contributed by atoms with Crippen molar-refractivity contribution in [2.45, 2.75) is 51.7 Å². The smallest absolute Gasteiger partial charge is 0.0637 e. The average Bonchev–Trinajstić information content (AvgIpc) is 2.46. The third-order valence-corrected chi connectivity index (χ3v) is 5.48. The first-order valence-corrected chi connectivity index (χ1v) is 8.17. The summed E-state index contributed by atoms with van der Waals surface area (Å²) in [4.78, 5) is 2.55. The maximum atomic E-state index is 6.34. The molecule has 1 aliphatic rings. The van der Waals surface area contributed by atoms with Gasteiger partial charge in [0.15, 0.2) is 0 Å². The molecule has 1 aromatic carbocycles. The number of hydrogen-bond donors (Lipinski definition) is 1. The Bertz CT molecular complexity index is 464. The molecule has 1 heterocycles. The van der Waals surface area contributed by atoms with Gasteiger partial charge in [-0.3, -0.25) is 4.90 Å². The Kier molecular flexibility index (Phi) is 5.36. The van der Waals surface area contributed by atoms with Gasteiger partial charge in [-0.1, -0.05) is 49.2 Å². The lowest BCUT2D eigenvalue weighted by Gasteiger charge is -2.48. The van der Waals surface area contributed by atoms with Crippen LogP contribution in [-0.4, -0.2) is 29.6 Å². The Hall–Kier alpha value is -0.280. The first kappa shape index (κ1) is 16.1. The first-order valence-electron chi connectivity index (χ1n) is 7.41. The molecule has 1 aromatic rings. The van der Waals surface area contributed by atoms with E-state index >= 15 is 0 Å². The van der Waals surface area contributed by atoms with E-state index in [1.165, 1.54) is 0 Å². The zero-order valence-corrected chi connectivity index (χ0v) is 14.1. The summed E-state index contributed by atoms with van der Waals surface area (Å²) in [5, 5.41) is 4.99. The van der Waals surface area contributed by atoms with Gasteiger partial charge in [0.2, 0.25) is 0 Å². The summed E-state index contributed by atoms with van der Waals surface area (Å²) in [5.74, 6) is 0. The molecule has 0 spiro atoms. The lowest BCUT2D eigenvalue weighted by molar-refractivity contribution is 0.0408. The van der Waals surface area contributed by atoms with Crippen LogP contribution in [0, 0.1) is 0 Å². The molecule has 0 aromatic heterocycles. The van der Waals surface area contributed by atoms with Crippen LogP contribution in [-0.2, 0) is 6.54 Å². The fourth-order valence-corrected chi connectivity index (χ4v) is 3.16. The highest BCUT2D eigenvalue weighted by molar-refractivity contribution is 6.42. The second kappa shape index (κ2) is 6.65. The summed E-state index contributed by atoms with van der Waals surface area (Å²) in [6.07, 6.45) is 2.27. The highest BCUT2D eigenvalue weighted by atomic mass is 35.5. The molecule has 2 rings (SSSR count). The minimum Gasteiger partial charge on any atom is -0.311 e. The molecule has 1 aliphatic heterocycles. The Morgan fingerprint density at radius 2 is 2.10 bits per heavy atom. The fraction of sp³-hybridized carbons (Fsp3) is 0.625. The second-order valence-electron chi connectivity index (χ2n) is 5.93. The minimum atomic E-state index is 0.178. The number of hydrogen-bond acceptors (Lipinski definition) is 2. The number of piperazine rings is 1. The van der Waals surface area contributed by atoms with Crippen molar-refractivity contribution in [1.29, 1.82) is 0 Å². The van der Waals surface area contributed by atoms with E-state index in [1.807, 2.05) is 12.1 Å². The lowest BCUT2D eigenvalue weighted by atomic mass is 9.91. The van der Waals surface area contributed by atoms with Crippen molar-refractivity contribution in [2.24, 2.45) is 0 Å². The maximum Gasteiger partial charge on any atom is 0.0637 e. The molecule has 0 saturated carbocycles.